The first-order valence-corrected chi connectivity index (χ1v) is 10.3. The number of carbonyl (C=O) groups excluding carboxylic acids is 1. The van der Waals surface area contributed by atoms with Gasteiger partial charge >= 0.3 is 0 Å². The van der Waals surface area contributed by atoms with Gasteiger partial charge in [-0.2, -0.15) is 0 Å². The lowest BCUT2D eigenvalue weighted by Gasteiger charge is -2.36. The predicted octanol–water partition coefficient (Wildman–Crippen LogP) is 3.52. The van der Waals surface area contributed by atoms with Crippen LogP contribution in [0.5, 0.6) is 0 Å². The molecule has 2 aromatic carbocycles. The second-order valence-corrected chi connectivity index (χ2v) is 7.65. The van der Waals surface area contributed by atoms with Crippen LogP contribution < -0.4 is 15.1 Å². The summed E-state index contributed by atoms with van der Waals surface area (Å²) < 4.78 is 28.2. The zero-order valence-corrected chi connectivity index (χ0v) is 17.1. The number of piperazine rings is 1. The summed E-state index contributed by atoms with van der Waals surface area (Å²) in [4.78, 5) is 29.0. The Balaban J connectivity index is 1.27. The molecule has 2 aliphatic heterocycles. The van der Waals surface area contributed by atoms with Crippen LogP contribution in [-0.2, 0) is 4.79 Å². The lowest BCUT2D eigenvalue weighted by molar-refractivity contribution is -0.115. The van der Waals surface area contributed by atoms with Crippen molar-refractivity contribution < 1.29 is 13.6 Å². The third-order valence-corrected chi connectivity index (χ3v) is 5.69. The van der Waals surface area contributed by atoms with E-state index in [1.807, 2.05) is 4.90 Å². The van der Waals surface area contributed by atoms with Gasteiger partial charge in [-0.25, -0.2) is 13.8 Å². The number of rotatable bonds is 4. The van der Waals surface area contributed by atoms with Crippen LogP contribution in [-0.4, -0.2) is 48.3 Å². The molecule has 1 N–H and O–H groups in total. The summed E-state index contributed by atoms with van der Waals surface area (Å²) >= 11 is 0. The average Bonchev–Trinajstić information content (AvgIpc) is 3.12. The summed E-state index contributed by atoms with van der Waals surface area (Å²) in [7, 11) is 0. The van der Waals surface area contributed by atoms with Crippen molar-refractivity contribution in [2.45, 2.75) is 5.92 Å². The molecular weight excluding hydrogens is 414 g/mol. The molecule has 1 unspecified atom stereocenters. The van der Waals surface area contributed by atoms with Crippen LogP contribution in [0, 0.1) is 11.6 Å². The van der Waals surface area contributed by atoms with Crippen molar-refractivity contribution in [3.05, 3.63) is 72.2 Å². The van der Waals surface area contributed by atoms with Crippen molar-refractivity contribution in [3.8, 4) is 0 Å². The maximum atomic E-state index is 14.8. The molecule has 1 amide bonds. The average molecular weight is 434 g/mol. The van der Waals surface area contributed by atoms with Gasteiger partial charge in [-0.05, 0) is 29.8 Å². The number of halogens is 2. The SMILES string of the molecule is O=C1Nc2cc(F)ccc2C1C=Nc1ccc(N2CCN(c3cnccn3)CC2)c(F)c1. The molecule has 2 aliphatic rings. The molecule has 1 saturated heterocycles. The third-order valence-electron chi connectivity index (χ3n) is 5.69. The third kappa shape index (κ3) is 3.89. The fourth-order valence-corrected chi connectivity index (χ4v) is 4.03. The van der Waals surface area contributed by atoms with Crippen LogP contribution >= 0.6 is 0 Å². The molecule has 1 fully saturated rings. The van der Waals surface area contributed by atoms with Gasteiger partial charge < -0.3 is 15.1 Å². The molecule has 0 radical (unpaired) electrons. The van der Waals surface area contributed by atoms with Crippen molar-refractivity contribution in [1.82, 2.24) is 9.97 Å². The molecule has 162 valence electrons. The maximum Gasteiger partial charge on any atom is 0.237 e. The van der Waals surface area contributed by atoms with Gasteiger partial charge in [-0.15, -0.1) is 0 Å². The van der Waals surface area contributed by atoms with E-state index in [0.717, 1.165) is 18.9 Å². The Hall–Kier alpha value is -3.88. The Kier molecular flexibility index (Phi) is 5.22. The number of benzene rings is 2. The highest BCUT2D eigenvalue weighted by molar-refractivity contribution is 6.12. The molecule has 0 bridgehead atoms. The molecule has 7 nitrogen and oxygen atoms in total. The van der Waals surface area contributed by atoms with Crippen molar-refractivity contribution in [2.75, 3.05) is 41.3 Å². The predicted molar refractivity (Wildman–Crippen MR) is 119 cm³/mol. The van der Waals surface area contributed by atoms with E-state index in [4.69, 9.17) is 0 Å². The maximum absolute atomic E-state index is 14.8. The smallest absolute Gasteiger partial charge is 0.237 e. The molecule has 3 heterocycles. The van der Waals surface area contributed by atoms with Gasteiger partial charge in [-0.1, -0.05) is 6.07 Å². The van der Waals surface area contributed by atoms with Crippen LogP contribution in [0.2, 0.25) is 0 Å². The number of carbonyl (C=O) groups is 1. The van der Waals surface area contributed by atoms with Gasteiger partial charge in [0.1, 0.15) is 23.4 Å². The van der Waals surface area contributed by atoms with Crippen LogP contribution in [0.3, 0.4) is 0 Å². The highest BCUT2D eigenvalue weighted by Gasteiger charge is 2.29. The molecule has 9 heteroatoms. The van der Waals surface area contributed by atoms with Gasteiger partial charge in [0.25, 0.3) is 0 Å². The minimum absolute atomic E-state index is 0.285. The monoisotopic (exact) mass is 434 g/mol. The van der Waals surface area contributed by atoms with Crippen LogP contribution in [0.15, 0.2) is 60.0 Å². The summed E-state index contributed by atoms with van der Waals surface area (Å²) in [5.41, 5.74) is 2.02. The van der Waals surface area contributed by atoms with Gasteiger partial charge in [0.05, 0.1) is 17.6 Å². The van der Waals surface area contributed by atoms with Crippen molar-refractivity contribution in [3.63, 3.8) is 0 Å². The molecule has 0 aliphatic carbocycles. The van der Waals surface area contributed by atoms with Gasteiger partial charge in [-0.3, -0.25) is 14.8 Å². The molecule has 0 spiro atoms. The van der Waals surface area contributed by atoms with E-state index in [-0.39, 0.29) is 11.7 Å². The van der Waals surface area contributed by atoms with E-state index in [9.17, 15) is 13.6 Å². The number of amides is 1. The first kappa shape index (κ1) is 20.0. The largest absolute Gasteiger partial charge is 0.366 e. The number of nitrogens with zero attached hydrogens (tertiary/aromatic N) is 5. The van der Waals surface area contributed by atoms with Crippen LogP contribution in [0.1, 0.15) is 11.5 Å². The minimum atomic E-state index is -0.637. The van der Waals surface area contributed by atoms with Gasteiger partial charge in [0, 0.05) is 56.5 Å². The van der Waals surface area contributed by atoms with Crippen LogP contribution in [0.25, 0.3) is 0 Å². The van der Waals surface area contributed by atoms with E-state index in [0.29, 0.717) is 35.7 Å². The summed E-state index contributed by atoms with van der Waals surface area (Å²) in [6.07, 6.45) is 6.49. The normalized spacial score (nSPS) is 18.2. The zero-order valence-electron chi connectivity index (χ0n) is 17.1. The van der Waals surface area contributed by atoms with E-state index in [2.05, 4.69) is 25.2 Å². The quantitative estimate of drug-likeness (QED) is 0.636. The lowest BCUT2D eigenvalue weighted by atomic mass is 10.0. The number of fused-ring (bicyclic) bond motifs is 1. The molecule has 32 heavy (non-hydrogen) atoms. The van der Waals surface area contributed by atoms with Gasteiger partial charge in [0.2, 0.25) is 5.91 Å². The van der Waals surface area contributed by atoms with Crippen LogP contribution in [0.4, 0.5) is 31.7 Å². The van der Waals surface area contributed by atoms with Crippen molar-refractivity contribution in [1.29, 1.82) is 0 Å². The molecule has 0 saturated carbocycles. The number of aliphatic imine (C=N–C) groups is 1. The molecule has 5 rings (SSSR count). The zero-order chi connectivity index (χ0) is 22.1. The summed E-state index contributed by atoms with van der Waals surface area (Å²) in [6, 6.07) is 8.93. The van der Waals surface area contributed by atoms with Crippen molar-refractivity contribution in [2.24, 2.45) is 4.99 Å². The Morgan fingerprint density at radius 2 is 1.84 bits per heavy atom. The number of hydrogen-bond acceptors (Lipinski definition) is 6. The summed E-state index contributed by atoms with van der Waals surface area (Å²) in [5, 5.41) is 2.64. The Morgan fingerprint density at radius 1 is 1.03 bits per heavy atom. The highest BCUT2D eigenvalue weighted by Crippen LogP contribution is 2.33. The Bertz CT molecular complexity index is 1180. The Labute approximate surface area is 183 Å². The summed E-state index contributed by atoms with van der Waals surface area (Å²) in [5.74, 6) is -0.893. The second kappa shape index (κ2) is 8.33. The summed E-state index contributed by atoms with van der Waals surface area (Å²) in [6.45, 7) is 2.75. The molecule has 3 aromatic rings. The first-order chi connectivity index (χ1) is 15.6. The molecule has 1 aromatic heterocycles. The Morgan fingerprint density at radius 3 is 2.59 bits per heavy atom. The minimum Gasteiger partial charge on any atom is -0.366 e. The van der Waals surface area contributed by atoms with E-state index in [1.165, 1.54) is 24.4 Å². The van der Waals surface area contributed by atoms with Crippen molar-refractivity contribution >= 4 is 35.0 Å². The standard InChI is InChI=1S/C23H20F2N6O/c24-15-1-3-17-18(23(32)29-20(17)11-15)13-28-16-2-4-21(19(25)12-16)30-7-9-31(10-8-30)22-14-26-5-6-27-22/h1-6,11-14,18H,7-10H2,(H,29,32). The fraction of sp³-hybridized carbons (Fsp3) is 0.217. The fourth-order valence-electron chi connectivity index (χ4n) is 4.03. The second-order valence-electron chi connectivity index (χ2n) is 7.65. The van der Waals surface area contributed by atoms with E-state index >= 15 is 0 Å². The van der Waals surface area contributed by atoms with E-state index in [1.54, 1.807) is 36.8 Å². The van der Waals surface area contributed by atoms with Gasteiger partial charge in [0.15, 0.2) is 0 Å². The number of nitrogens with one attached hydrogen (secondary N) is 1. The first-order valence-electron chi connectivity index (χ1n) is 10.3. The highest BCUT2D eigenvalue weighted by atomic mass is 19.1. The number of anilines is 3. The molecular formula is C23H20F2N6O. The molecule has 1 atom stereocenters. The van der Waals surface area contributed by atoms with E-state index < -0.39 is 11.7 Å². The number of hydrogen-bond donors (Lipinski definition) is 1. The topological polar surface area (TPSA) is 73.7 Å². The number of aromatic nitrogens is 2. The lowest BCUT2D eigenvalue weighted by Crippen LogP contribution is -2.47.